The number of benzene rings is 2. The molecule has 178 valence electrons. The lowest BCUT2D eigenvalue weighted by Gasteiger charge is -2.35. The molecule has 5 nitrogen and oxygen atoms in total. The average molecular weight is 489 g/mol. The molecule has 2 aromatic rings. The fourth-order valence-electron chi connectivity index (χ4n) is 4.01. The van der Waals surface area contributed by atoms with Crippen LogP contribution in [-0.4, -0.2) is 44.7 Å². The van der Waals surface area contributed by atoms with E-state index >= 15 is 0 Å². The van der Waals surface area contributed by atoms with Gasteiger partial charge >= 0.3 is 0 Å². The summed E-state index contributed by atoms with van der Waals surface area (Å²) in [4.78, 5) is 12.0. The fourth-order valence-corrected chi connectivity index (χ4v) is 5.31. The summed E-state index contributed by atoms with van der Waals surface area (Å²) in [5.41, 5.74) is 0.518. The number of nitrogens with zero attached hydrogens (tertiary/aromatic N) is 2. The van der Waals surface area contributed by atoms with E-state index in [9.17, 15) is 0 Å². The van der Waals surface area contributed by atoms with Gasteiger partial charge in [0.05, 0.1) is 26.2 Å². The molecule has 3 rings (SSSR count). The highest BCUT2D eigenvalue weighted by molar-refractivity contribution is 7.99. The topological polar surface area (TPSA) is 52.4 Å². The summed E-state index contributed by atoms with van der Waals surface area (Å²) in [6.45, 7) is 6.33. The van der Waals surface area contributed by atoms with Crippen molar-refractivity contribution in [3.63, 3.8) is 0 Å². The highest BCUT2D eigenvalue weighted by Gasteiger charge is 2.42. The molecule has 0 fully saturated rings. The zero-order chi connectivity index (χ0) is 24.0. The van der Waals surface area contributed by atoms with Crippen LogP contribution in [0.25, 0.3) is 0 Å². The van der Waals surface area contributed by atoms with Crippen LogP contribution in [0.4, 0.5) is 0 Å². The Labute approximate surface area is 206 Å². The van der Waals surface area contributed by atoms with Gasteiger partial charge in [-0.15, -0.1) is 0 Å². The summed E-state index contributed by atoms with van der Waals surface area (Å²) in [6, 6.07) is 14.0. The number of aliphatic imine (C=N–C) groups is 2. The van der Waals surface area contributed by atoms with Gasteiger partial charge in [-0.25, -0.2) is 9.98 Å². The predicted octanol–water partition coefficient (Wildman–Crippen LogP) is 6.71. The molecule has 1 aliphatic rings. The van der Waals surface area contributed by atoms with Gasteiger partial charge in [-0.2, -0.15) is 0 Å². The molecule has 2 aromatic carbocycles. The third-order valence-electron chi connectivity index (χ3n) is 5.98. The highest BCUT2D eigenvalue weighted by atomic mass is 35.5. The fraction of sp³-hybridized carbons (Fsp3) is 0.462. The number of halogens is 1. The van der Waals surface area contributed by atoms with Gasteiger partial charge in [-0.3, -0.25) is 0 Å². The van der Waals surface area contributed by atoms with Crippen molar-refractivity contribution in [2.75, 3.05) is 21.3 Å². The SMILES string of the molecule is CC[C@@]1(CCc2ccc(Sc3ccccc3OC)cc2Cl)N=C(OC)[C@@H](C(C)C)N=C1OC. The van der Waals surface area contributed by atoms with Crippen molar-refractivity contribution < 1.29 is 14.2 Å². The van der Waals surface area contributed by atoms with Crippen LogP contribution in [0.3, 0.4) is 0 Å². The maximum absolute atomic E-state index is 6.70. The smallest absolute Gasteiger partial charge is 0.212 e. The van der Waals surface area contributed by atoms with Gasteiger partial charge in [0.15, 0.2) is 0 Å². The second kappa shape index (κ2) is 11.3. The zero-order valence-corrected chi connectivity index (χ0v) is 21.8. The number of rotatable bonds is 8. The first-order valence-electron chi connectivity index (χ1n) is 11.2. The van der Waals surface area contributed by atoms with Crippen molar-refractivity contribution in [3.05, 3.63) is 53.1 Å². The molecule has 33 heavy (non-hydrogen) atoms. The second-order valence-electron chi connectivity index (χ2n) is 8.37. The summed E-state index contributed by atoms with van der Waals surface area (Å²) < 4.78 is 16.8. The Bertz CT molecular complexity index is 1020. The molecule has 0 N–H and O–H groups in total. The first kappa shape index (κ1) is 25.4. The van der Waals surface area contributed by atoms with E-state index in [1.807, 2.05) is 30.3 Å². The van der Waals surface area contributed by atoms with Crippen molar-refractivity contribution >= 4 is 35.2 Å². The van der Waals surface area contributed by atoms with Crippen LogP contribution in [0.2, 0.25) is 5.02 Å². The van der Waals surface area contributed by atoms with Gasteiger partial charge < -0.3 is 14.2 Å². The summed E-state index contributed by atoms with van der Waals surface area (Å²) in [5.74, 6) is 2.46. The lowest BCUT2D eigenvalue weighted by Crippen LogP contribution is -2.46. The van der Waals surface area contributed by atoms with E-state index in [4.69, 9.17) is 35.8 Å². The molecule has 1 heterocycles. The Morgan fingerprint density at radius 2 is 1.82 bits per heavy atom. The molecule has 7 heteroatoms. The number of ether oxygens (including phenoxy) is 3. The van der Waals surface area contributed by atoms with Gasteiger partial charge in [0.25, 0.3) is 0 Å². The van der Waals surface area contributed by atoms with Crippen LogP contribution >= 0.6 is 23.4 Å². The van der Waals surface area contributed by atoms with Crippen LogP contribution in [0.15, 0.2) is 62.2 Å². The van der Waals surface area contributed by atoms with Gasteiger partial charge in [-0.05, 0) is 55.0 Å². The lowest BCUT2D eigenvalue weighted by molar-refractivity contribution is 0.293. The maximum atomic E-state index is 6.70. The van der Waals surface area contributed by atoms with Crippen LogP contribution in [0.5, 0.6) is 5.75 Å². The van der Waals surface area contributed by atoms with Crippen molar-refractivity contribution in [3.8, 4) is 5.75 Å². The van der Waals surface area contributed by atoms with Crippen LogP contribution in [0, 0.1) is 5.92 Å². The predicted molar refractivity (Wildman–Crippen MR) is 137 cm³/mol. The number of hydrogen-bond acceptors (Lipinski definition) is 6. The standard InChI is InChI=1S/C26H33ClN2O3S/c1-7-26(25(32-6)28-23(17(2)3)24(29-26)31-5)15-14-18-12-13-19(16-20(18)27)33-22-11-9-8-10-21(22)30-4/h8-13,16-17,23H,7,14-15H2,1-6H3/t23-,26+/m1/s1. The van der Waals surface area contributed by atoms with Crippen molar-refractivity contribution in [2.45, 2.75) is 61.4 Å². The van der Waals surface area contributed by atoms with Crippen molar-refractivity contribution in [1.82, 2.24) is 0 Å². The Hall–Kier alpha value is -2.18. The van der Waals surface area contributed by atoms with Crippen LogP contribution in [0.1, 0.15) is 39.2 Å². The Morgan fingerprint density at radius 1 is 1.06 bits per heavy atom. The van der Waals surface area contributed by atoms with Crippen molar-refractivity contribution in [1.29, 1.82) is 0 Å². The first-order valence-corrected chi connectivity index (χ1v) is 12.4. The quantitative estimate of drug-likeness (QED) is 0.414. The van der Waals surface area contributed by atoms with E-state index in [-0.39, 0.29) is 12.0 Å². The summed E-state index contributed by atoms with van der Waals surface area (Å²) >= 11 is 8.33. The number of methoxy groups -OCH3 is 3. The number of hydrogen-bond donors (Lipinski definition) is 0. The molecule has 2 atom stereocenters. The van der Waals surface area contributed by atoms with E-state index in [0.29, 0.717) is 11.8 Å². The molecule has 0 amide bonds. The number of para-hydroxylation sites is 1. The molecular formula is C26H33ClN2O3S. The van der Waals surface area contributed by atoms with E-state index < -0.39 is 5.54 Å². The third kappa shape index (κ3) is 5.67. The van der Waals surface area contributed by atoms with Crippen LogP contribution < -0.4 is 4.74 Å². The minimum Gasteiger partial charge on any atom is -0.496 e. The largest absolute Gasteiger partial charge is 0.496 e. The minimum absolute atomic E-state index is 0.125. The Morgan fingerprint density at radius 3 is 2.42 bits per heavy atom. The molecule has 0 radical (unpaired) electrons. The van der Waals surface area contributed by atoms with Gasteiger partial charge in [0.1, 0.15) is 17.3 Å². The number of aryl methyl sites for hydroxylation is 1. The highest BCUT2D eigenvalue weighted by Crippen LogP contribution is 2.37. The average Bonchev–Trinajstić information content (AvgIpc) is 2.83. The molecule has 0 unspecified atom stereocenters. The molecule has 0 saturated heterocycles. The van der Waals surface area contributed by atoms with E-state index in [1.54, 1.807) is 33.1 Å². The molecular weight excluding hydrogens is 456 g/mol. The normalized spacial score (nSPS) is 20.3. The van der Waals surface area contributed by atoms with Gasteiger partial charge in [0, 0.05) is 9.92 Å². The molecule has 0 bridgehead atoms. The van der Waals surface area contributed by atoms with Gasteiger partial charge in [-0.1, -0.05) is 62.3 Å². The Balaban J connectivity index is 1.80. The van der Waals surface area contributed by atoms with Crippen molar-refractivity contribution in [2.24, 2.45) is 15.9 Å². The maximum Gasteiger partial charge on any atom is 0.212 e. The monoisotopic (exact) mass is 488 g/mol. The molecule has 0 aliphatic carbocycles. The van der Waals surface area contributed by atoms with Crippen LogP contribution in [-0.2, 0) is 15.9 Å². The van der Waals surface area contributed by atoms with E-state index in [0.717, 1.165) is 45.4 Å². The summed E-state index contributed by atoms with van der Waals surface area (Å²) in [7, 11) is 5.02. The first-order chi connectivity index (χ1) is 15.9. The second-order valence-corrected chi connectivity index (χ2v) is 9.90. The Kier molecular flexibility index (Phi) is 8.71. The molecule has 0 saturated carbocycles. The lowest BCUT2D eigenvalue weighted by atomic mass is 9.86. The molecule has 0 aromatic heterocycles. The molecule has 0 spiro atoms. The summed E-state index contributed by atoms with van der Waals surface area (Å²) in [5, 5.41) is 0.740. The summed E-state index contributed by atoms with van der Waals surface area (Å²) in [6.07, 6.45) is 2.24. The zero-order valence-electron chi connectivity index (χ0n) is 20.2. The van der Waals surface area contributed by atoms with E-state index in [2.05, 4.69) is 32.9 Å². The third-order valence-corrected chi connectivity index (χ3v) is 7.38. The minimum atomic E-state index is -0.556. The molecule has 1 aliphatic heterocycles. The van der Waals surface area contributed by atoms with Gasteiger partial charge in [0.2, 0.25) is 11.8 Å². The van der Waals surface area contributed by atoms with E-state index in [1.165, 1.54) is 0 Å².